The molecule has 2 aromatic heterocycles. The third-order valence-electron chi connectivity index (χ3n) is 2.88. The number of anilines is 1. The first kappa shape index (κ1) is 9.99. The molecule has 4 N–H and O–H groups in total. The Morgan fingerprint density at radius 2 is 2.00 bits per heavy atom. The van der Waals surface area contributed by atoms with Crippen molar-refractivity contribution in [3.8, 4) is 0 Å². The molecule has 0 bridgehead atoms. The summed E-state index contributed by atoms with van der Waals surface area (Å²) in [5.41, 5.74) is 14.2. The van der Waals surface area contributed by atoms with Gasteiger partial charge in [-0.05, 0) is 17.7 Å². The van der Waals surface area contributed by atoms with Gasteiger partial charge in [0, 0.05) is 23.5 Å². The van der Waals surface area contributed by atoms with Gasteiger partial charge in [-0.3, -0.25) is 4.98 Å². The van der Waals surface area contributed by atoms with Crippen molar-refractivity contribution in [2.75, 3.05) is 5.73 Å². The van der Waals surface area contributed by atoms with Crippen LogP contribution in [0.4, 0.5) is 5.82 Å². The average molecular weight is 224 g/mol. The van der Waals surface area contributed by atoms with Crippen LogP contribution < -0.4 is 11.5 Å². The van der Waals surface area contributed by atoms with Crippen LogP contribution in [0.2, 0.25) is 0 Å². The quantitative estimate of drug-likeness (QED) is 0.618. The minimum absolute atomic E-state index is 0.460. The second kappa shape index (κ2) is 3.68. The molecule has 3 rings (SSSR count). The fraction of sp³-hybridized carbons (Fsp3) is 0.0769. The van der Waals surface area contributed by atoms with E-state index in [1.54, 1.807) is 6.20 Å². The Morgan fingerprint density at radius 3 is 2.82 bits per heavy atom. The Kier molecular flexibility index (Phi) is 2.16. The Morgan fingerprint density at radius 1 is 1.12 bits per heavy atom. The molecule has 0 fully saturated rings. The highest BCUT2D eigenvalue weighted by Gasteiger charge is 2.06. The maximum Gasteiger partial charge on any atom is 0.150 e. The van der Waals surface area contributed by atoms with Crippen LogP contribution in [0.3, 0.4) is 0 Å². The summed E-state index contributed by atoms with van der Waals surface area (Å²) in [6, 6.07) is 9.90. The fourth-order valence-corrected chi connectivity index (χ4v) is 2.03. The maximum atomic E-state index is 5.91. The SMILES string of the molecule is NCc1ccc2c(c1)nc(N)c1ncccc12. The summed E-state index contributed by atoms with van der Waals surface area (Å²) < 4.78 is 0. The van der Waals surface area contributed by atoms with Gasteiger partial charge in [-0.1, -0.05) is 18.2 Å². The Hall–Kier alpha value is -2.20. The van der Waals surface area contributed by atoms with E-state index >= 15 is 0 Å². The normalized spacial score (nSPS) is 11.1. The first-order valence-corrected chi connectivity index (χ1v) is 5.42. The van der Waals surface area contributed by atoms with Crippen molar-refractivity contribution in [3.63, 3.8) is 0 Å². The molecule has 4 heteroatoms. The van der Waals surface area contributed by atoms with Gasteiger partial charge in [-0.25, -0.2) is 4.98 Å². The molecule has 0 amide bonds. The number of nitrogens with zero attached hydrogens (tertiary/aromatic N) is 2. The lowest BCUT2D eigenvalue weighted by molar-refractivity contribution is 1.07. The van der Waals surface area contributed by atoms with E-state index in [1.165, 1.54) is 0 Å². The summed E-state index contributed by atoms with van der Waals surface area (Å²) in [4.78, 5) is 8.63. The van der Waals surface area contributed by atoms with Crippen molar-refractivity contribution in [3.05, 3.63) is 42.1 Å². The largest absolute Gasteiger partial charge is 0.382 e. The van der Waals surface area contributed by atoms with Gasteiger partial charge in [-0.2, -0.15) is 0 Å². The predicted molar refractivity (Wildman–Crippen MR) is 69.3 cm³/mol. The number of hydrogen-bond donors (Lipinski definition) is 2. The van der Waals surface area contributed by atoms with E-state index in [0.717, 1.165) is 27.4 Å². The molecular weight excluding hydrogens is 212 g/mol. The van der Waals surface area contributed by atoms with Gasteiger partial charge in [0.05, 0.1) is 5.52 Å². The van der Waals surface area contributed by atoms with Gasteiger partial charge in [0.15, 0.2) is 5.82 Å². The monoisotopic (exact) mass is 224 g/mol. The molecule has 0 aliphatic rings. The van der Waals surface area contributed by atoms with Crippen molar-refractivity contribution in [1.29, 1.82) is 0 Å². The first-order valence-electron chi connectivity index (χ1n) is 5.42. The zero-order valence-electron chi connectivity index (χ0n) is 9.22. The number of benzene rings is 1. The van der Waals surface area contributed by atoms with Crippen molar-refractivity contribution in [1.82, 2.24) is 9.97 Å². The van der Waals surface area contributed by atoms with Gasteiger partial charge < -0.3 is 11.5 Å². The Bertz CT molecular complexity index is 706. The molecule has 84 valence electrons. The average Bonchev–Trinajstić information content (AvgIpc) is 2.38. The van der Waals surface area contributed by atoms with Crippen LogP contribution in [0, 0.1) is 0 Å². The van der Waals surface area contributed by atoms with Crippen LogP contribution in [0.5, 0.6) is 0 Å². The highest BCUT2D eigenvalue weighted by molar-refractivity contribution is 6.07. The molecule has 0 aliphatic heterocycles. The number of nitrogens with two attached hydrogens (primary N) is 2. The van der Waals surface area contributed by atoms with E-state index in [-0.39, 0.29) is 0 Å². The van der Waals surface area contributed by atoms with Crippen LogP contribution in [0.25, 0.3) is 21.8 Å². The molecule has 1 aromatic carbocycles. The topological polar surface area (TPSA) is 77.8 Å². The fourth-order valence-electron chi connectivity index (χ4n) is 2.03. The molecule has 0 unspecified atom stereocenters. The van der Waals surface area contributed by atoms with E-state index in [0.29, 0.717) is 12.4 Å². The van der Waals surface area contributed by atoms with Crippen LogP contribution in [0.15, 0.2) is 36.5 Å². The molecule has 0 radical (unpaired) electrons. The lowest BCUT2D eigenvalue weighted by Gasteiger charge is -2.06. The van der Waals surface area contributed by atoms with Crippen molar-refractivity contribution in [2.24, 2.45) is 5.73 Å². The minimum atomic E-state index is 0.460. The lowest BCUT2D eigenvalue weighted by Crippen LogP contribution is -1.98. The lowest BCUT2D eigenvalue weighted by atomic mass is 10.1. The molecule has 0 spiro atoms. The Labute approximate surface area is 98.3 Å². The molecule has 3 aromatic rings. The smallest absolute Gasteiger partial charge is 0.150 e. The van der Waals surface area contributed by atoms with Gasteiger partial charge >= 0.3 is 0 Å². The van der Waals surface area contributed by atoms with Gasteiger partial charge in [0.2, 0.25) is 0 Å². The number of fused-ring (bicyclic) bond motifs is 3. The van der Waals surface area contributed by atoms with E-state index < -0.39 is 0 Å². The summed E-state index contributed by atoms with van der Waals surface area (Å²) in [6.07, 6.45) is 1.72. The van der Waals surface area contributed by atoms with Crippen LogP contribution >= 0.6 is 0 Å². The molecule has 17 heavy (non-hydrogen) atoms. The zero-order chi connectivity index (χ0) is 11.8. The van der Waals surface area contributed by atoms with E-state index in [2.05, 4.69) is 9.97 Å². The first-order chi connectivity index (χ1) is 8.29. The van der Waals surface area contributed by atoms with Gasteiger partial charge in [0.1, 0.15) is 5.52 Å². The molecule has 4 nitrogen and oxygen atoms in total. The van der Waals surface area contributed by atoms with Gasteiger partial charge in [0.25, 0.3) is 0 Å². The third-order valence-corrected chi connectivity index (χ3v) is 2.88. The van der Waals surface area contributed by atoms with E-state index in [9.17, 15) is 0 Å². The second-order valence-corrected chi connectivity index (χ2v) is 3.95. The van der Waals surface area contributed by atoms with Gasteiger partial charge in [-0.15, -0.1) is 0 Å². The predicted octanol–water partition coefficient (Wildman–Crippen LogP) is 1.82. The number of aromatic nitrogens is 2. The molecule has 0 saturated carbocycles. The number of nitrogen functional groups attached to an aromatic ring is 1. The summed E-state index contributed by atoms with van der Waals surface area (Å²) >= 11 is 0. The molecule has 0 saturated heterocycles. The minimum Gasteiger partial charge on any atom is -0.382 e. The standard InChI is InChI=1S/C13H12N4/c14-7-8-3-4-9-10-2-1-5-16-12(10)13(15)17-11(9)6-8/h1-6H,7,14H2,(H2,15,17). The Balaban J connectivity index is 2.48. The molecule has 0 aliphatic carbocycles. The van der Waals surface area contributed by atoms with E-state index in [4.69, 9.17) is 11.5 Å². The number of rotatable bonds is 1. The van der Waals surface area contributed by atoms with Crippen LogP contribution in [0.1, 0.15) is 5.56 Å². The molecule has 0 atom stereocenters. The van der Waals surface area contributed by atoms with Crippen molar-refractivity contribution in [2.45, 2.75) is 6.54 Å². The zero-order valence-corrected chi connectivity index (χ0v) is 9.22. The van der Waals surface area contributed by atoms with E-state index in [1.807, 2.05) is 30.3 Å². The highest BCUT2D eigenvalue weighted by atomic mass is 14.9. The van der Waals surface area contributed by atoms with Crippen LogP contribution in [-0.2, 0) is 6.54 Å². The second-order valence-electron chi connectivity index (χ2n) is 3.95. The van der Waals surface area contributed by atoms with Crippen LogP contribution in [-0.4, -0.2) is 9.97 Å². The summed E-state index contributed by atoms with van der Waals surface area (Å²) in [7, 11) is 0. The maximum absolute atomic E-state index is 5.91. The third kappa shape index (κ3) is 1.50. The molecular formula is C13H12N4. The molecule has 2 heterocycles. The van der Waals surface area contributed by atoms with Crippen molar-refractivity contribution < 1.29 is 0 Å². The number of hydrogen-bond acceptors (Lipinski definition) is 4. The van der Waals surface area contributed by atoms with Crippen molar-refractivity contribution >= 4 is 27.6 Å². The summed E-state index contributed by atoms with van der Waals surface area (Å²) in [5, 5.41) is 2.08. The highest BCUT2D eigenvalue weighted by Crippen LogP contribution is 2.26. The summed E-state index contributed by atoms with van der Waals surface area (Å²) in [6.45, 7) is 0.503. The summed E-state index contributed by atoms with van der Waals surface area (Å²) in [5.74, 6) is 0.460. The number of pyridine rings is 2.